The fourth-order valence-corrected chi connectivity index (χ4v) is 2.84. The quantitative estimate of drug-likeness (QED) is 0.349. The molecule has 2 heterocycles. The third kappa shape index (κ3) is 5.70. The first-order valence-electron chi connectivity index (χ1n) is 7.37. The second-order valence-electron chi connectivity index (χ2n) is 5.36. The maximum atomic E-state index is 11.7. The van der Waals surface area contributed by atoms with Gasteiger partial charge in [-0.15, -0.1) is 24.0 Å². The molecule has 0 spiro atoms. The summed E-state index contributed by atoms with van der Waals surface area (Å²) in [4.78, 5) is 16.7. The van der Waals surface area contributed by atoms with Crippen LogP contribution in [-0.4, -0.2) is 86.1 Å². The molecule has 0 radical (unpaired) electrons. The molecule has 24 heavy (non-hydrogen) atoms. The number of halogens is 1. The summed E-state index contributed by atoms with van der Waals surface area (Å²) in [5, 5.41) is 0. The molecule has 9 nitrogen and oxygen atoms in total. The SMILES string of the molecule is CN(C)S(=O)(=O)CCN=C(N)N1CCN(c2ncccn2)CC1.I. The molecule has 1 aromatic heterocycles. The topological polar surface area (TPSA) is 108 Å². The number of sulfonamides is 1. The van der Waals surface area contributed by atoms with Gasteiger partial charge >= 0.3 is 0 Å². The van der Waals surface area contributed by atoms with E-state index >= 15 is 0 Å². The van der Waals surface area contributed by atoms with Crippen molar-refractivity contribution < 1.29 is 8.42 Å². The van der Waals surface area contributed by atoms with Crippen LogP contribution in [0.1, 0.15) is 0 Å². The predicted octanol–water partition coefficient (Wildman–Crippen LogP) is -0.577. The first-order chi connectivity index (χ1) is 10.9. The molecular weight excluding hydrogens is 445 g/mol. The summed E-state index contributed by atoms with van der Waals surface area (Å²) in [6.45, 7) is 3.06. The number of aromatic nitrogens is 2. The van der Waals surface area contributed by atoms with Gasteiger partial charge in [0.05, 0.1) is 12.3 Å². The first kappa shape index (κ1) is 20.8. The summed E-state index contributed by atoms with van der Waals surface area (Å²) in [5.74, 6) is 1.05. The molecule has 0 unspecified atom stereocenters. The van der Waals surface area contributed by atoms with Crippen LogP contribution in [0, 0.1) is 0 Å². The number of hydrogen-bond donors (Lipinski definition) is 1. The lowest BCUT2D eigenvalue weighted by Gasteiger charge is -2.35. The Hall–Kier alpha value is -1.21. The Labute approximate surface area is 160 Å². The van der Waals surface area contributed by atoms with Crippen molar-refractivity contribution in [1.29, 1.82) is 0 Å². The number of hydrogen-bond acceptors (Lipinski definition) is 6. The summed E-state index contributed by atoms with van der Waals surface area (Å²) < 4.78 is 24.5. The lowest BCUT2D eigenvalue weighted by molar-refractivity contribution is 0.378. The molecule has 0 atom stereocenters. The average Bonchev–Trinajstić information content (AvgIpc) is 2.55. The van der Waals surface area contributed by atoms with E-state index in [1.807, 2.05) is 4.90 Å². The maximum absolute atomic E-state index is 11.7. The summed E-state index contributed by atoms with van der Waals surface area (Å²) >= 11 is 0. The van der Waals surface area contributed by atoms with Crippen LogP contribution in [0.3, 0.4) is 0 Å². The molecule has 136 valence electrons. The number of rotatable bonds is 5. The highest BCUT2D eigenvalue weighted by molar-refractivity contribution is 14.0. The van der Waals surface area contributed by atoms with E-state index in [0.717, 1.165) is 13.1 Å². The largest absolute Gasteiger partial charge is 0.370 e. The van der Waals surface area contributed by atoms with E-state index in [4.69, 9.17) is 5.73 Å². The van der Waals surface area contributed by atoms with Gasteiger partial charge in [-0.25, -0.2) is 22.7 Å². The van der Waals surface area contributed by atoms with Crippen LogP contribution < -0.4 is 10.6 Å². The van der Waals surface area contributed by atoms with E-state index in [-0.39, 0.29) is 36.3 Å². The normalized spacial score (nSPS) is 16.2. The molecule has 1 aliphatic heterocycles. The minimum Gasteiger partial charge on any atom is -0.370 e. The number of nitrogens with two attached hydrogens (primary N) is 1. The van der Waals surface area contributed by atoms with Gasteiger partial charge in [0.2, 0.25) is 16.0 Å². The summed E-state index contributed by atoms with van der Waals surface area (Å²) in [6.07, 6.45) is 3.44. The van der Waals surface area contributed by atoms with Gasteiger partial charge in [-0.3, -0.25) is 4.99 Å². The molecule has 2 N–H and O–H groups in total. The lowest BCUT2D eigenvalue weighted by atomic mass is 10.3. The highest BCUT2D eigenvalue weighted by Crippen LogP contribution is 2.09. The van der Waals surface area contributed by atoms with Crippen LogP contribution in [0.25, 0.3) is 0 Å². The molecule has 0 aromatic carbocycles. The van der Waals surface area contributed by atoms with E-state index < -0.39 is 10.0 Å². The van der Waals surface area contributed by atoms with Crippen molar-refractivity contribution in [3.05, 3.63) is 18.5 Å². The summed E-state index contributed by atoms with van der Waals surface area (Å²) in [7, 11) is -0.228. The molecule has 0 aliphatic carbocycles. The van der Waals surface area contributed by atoms with Gasteiger partial charge < -0.3 is 15.5 Å². The lowest BCUT2D eigenvalue weighted by Crippen LogP contribution is -2.51. The van der Waals surface area contributed by atoms with Gasteiger partial charge in [-0.05, 0) is 6.07 Å². The van der Waals surface area contributed by atoms with Crippen molar-refractivity contribution >= 4 is 45.9 Å². The van der Waals surface area contributed by atoms with Crippen molar-refractivity contribution in [3.8, 4) is 0 Å². The second kappa shape index (κ2) is 9.32. The molecule has 2 rings (SSSR count). The highest BCUT2D eigenvalue weighted by atomic mass is 127. The predicted molar refractivity (Wildman–Crippen MR) is 105 cm³/mol. The highest BCUT2D eigenvalue weighted by Gasteiger charge is 2.20. The Balaban J connectivity index is 0.00000288. The number of guanidine groups is 1. The van der Waals surface area contributed by atoms with Gasteiger partial charge in [0.25, 0.3) is 0 Å². The molecule has 0 saturated carbocycles. The Kier molecular flexibility index (Phi) is 8.09. The third-order valence-corrected chi connectivity index (χ3v) is 5.43. The number of nitrogens with zero attached hydrogens (tertiary/aromatic N) is 6. The molecule has 1 aromatic rings. The first-order valence-corrected chi connectivity index (χ1v) is 8.98. The molecule has 0 bridgehead atoms. The van der Waals surface area contributed by atoms with E-state index in [9.17, 15) is 8.42 Å². The van der Waals surface area contributed by atoms with Gasteiger partial charge in [0, 0.05) is 52.7 Å². The molecular formula is C13H24IN7O2S. The zero-order valence-electron chi connectivity index (χ0n) is 13.9. The minimum absolute atomic E-state index is 0. The Bertz CT molecular complexity index is 631. The second-order valence-corrected chi connectivity index (χ2v) is 7.66. The smallest absolute Gasteiger partial charge is 0.225 e. The minimum atomic E-state index is -3.24. The van der Waals surface area contributed by atoms with Crippen LogP contribution in [0.4, 0.5) is 5.95 Å². The van der Waals surface area contributed by atoms with Gasteiger partial charge in [0.1, 0.15) is 0 Å². The number of aliphatic imine (C=N–C) groups is 1. The fraction of sp³-hybridized carbons (Fsp3) is 0.615. The molecule has 11 heteroatoms. The number of piperazine rings is 1. The van der Waals surface area contributed by atoms with E-state index in [1.54, 1.807) is 18.5 Å². The van der Waals surface area contributed by atoms with Gasteiger partial charge in [-0.1, -0.05) is 0 Å². The Morgan fingerprint density at radius 1 is 1.25 bits per heavy atom. The van der Waals surface area contributed by atoms with E-state index in [1.165, 1.54) is 18.4 Å². The zero-order chi connectivity index (χ0) is 16.9. The van der Waals surface area contributed by atoms with Crippen molar-refractivity contribution in [2.24, 2.45) is 10.7 Å². The van der Waals surface area contributed by atoms with Crippen LogP contribution in [0.15, 0.2) is 23.5 Å². The van der Waals surface area contributed by atoms with E-state index in [0.29, 0.717) is 25.0 Å². The molecule has 1 fully saturated rings. The average molecular weight is 469 g/mol. The molecule has 1 saturated heterocycles. The standard InChI is InChI=1S/C13H23N7O2S.HI/c1-18(2)23(21,22)11-6-15-12(14)19-7-9-20(10-8-19)13-16-4-3-5-17-13;/h3-5H,6-11H2,1-2H3,(H2,14,15);1H. The van der Waals surface area contributed by atoms with Crippen molar-refractivity contribution in [3.63, 3.8) is 0 Å². The monoisotopic (exact) mass is 469 g/mol. The molecule has 0 amide bonds. The zero-order valence-corrected chi connectivity index (χ0v) is 17.0. The van der Waals surface area contributed by atoms with Crippen LogP contribution in [0.2, 0.25) is 0 Å². The van der Waals surface area contributed by atoms with Crippen molar-refractivity contribution in [2.75, 3.05) is 57.5 Å². The maximum Gasteiger partial charge on any atom is 0.225 e. The van der Waals surface area contributed by atoms with Crippen LogP contribution >= 0.6 is 24.0 Å². The third-order valence-electron chi connectivity index (χ3n) is 3.62. The Morgan fingerprint density at radius 2 is 1.83 bits per heavy atom. The summed E-state index contributed by atoms with van der Waals surface area (Å²) in [5.41, 5.74) is 5.96. The van der Waals surface area contributed by atoms with Crippen LogP contribution in [-0.2, 0) is 10.0 Å². The van der Waals surface area contributed by atoms with Crippen molar-refractivity contribution in [2.45, 2.75) is 0 Å². The van der Waals surface area contributed by atoms with Gasteiger partial charge in [-0.2, -0.15) is 0 Å². The Morgan fingerprint density at radius 3 is 2.38 bits per heavy atom. The fourth-order valence-electron chi connectivity index (χ4n) is 2.15. The van der Waals surface area contributed by atoms with Crippen molar-refractivity contribution in [1.82, 2.24) is 19.2 Å². The summed E-state index contributed by atoms with van der Waals surface area (Å²) in [6, 6.07) is 1.78. The molecule has 1 aliphatic rings. The van der Waals surface area contributed by atoms with Gasteiger partial charge in [0.15, 0.2) is 5.96 Å². The number of anilines is 1. The van der Waals surface area contributed by atoms with Crippen LogP contribution in [0.5, 0.6) is 0 Å². The van der Waals surface area contributed by atoms with E-state index in [2.05, 4.69) is 19.9 Å².